The van der Waals surface area contributed by atoms with E-state index in [1.165, 1.54) is 18.2 Å². The first-order valence-electron chi connectivity index (χ1n) is 9.03. The van der Waals surface area contributed by atoms with Crippen LogP contribution in [0.25, 0.3) is 32.9 Å². The molecule has 0 spiro atoms. The van der Waals surface area contributed by atoms with Crippen molar-refractivity contribution in [2.24, 2.45) is 10.2 Å². The molecule has 146 valence electrons. The molecular weight excluding hydrogens is 405 g/mol. The van der Waals surface area contributed by atoms with E-state index in [1.54, 1.807) is 12.1 Å². The Morgan fingerprint density at radius 3 is 2.43 bits per heavy atom. The third-order valence-corrected chi connectivity index (χ3v) is 5.00. The molecule has 0 amide bonds. The van der Waals surface area contributed by atoms with Crippen molar-refractivity contribution in [2.75, 3.05) is 0 Å². The van der Waals surface area contributed by atoms with Crippen LogP contribution in [-0.4, -0.2) is 20.3 Å². The number of fused-ring (bicyclic) bond motifs is 2. The highest BCUT2D eigenvalue weighted by Gasteiger charge is 2.13. The summed E-state index contributed by atoms with van der Waals surface area (Å²) in [5.41, 5.74) is 2.25. The van der Waals surface area contributed by atoms with E-state index in [2.05, 4.69) is 25.4 Å². The van der Waals surface area contributed by atoms with E-state index in [1.807, 2.05) is 36.4 Å². The van der Waals surface area contributed by atoms with Crippen LogP contribution < -0.4 is 0 Å². The second kappa shape index (κ2) is 7.20. The van der Waals surface area contributed by atoms with Crippen molar-refractivity contribution in [2.45, 2.75) is 0 Å². The number of aromatic hydroxyl groups is 1. The van der Waals surface area contributed by atoms with Crippen LogP contribution in [0.2, 0.25) is 5.02 Å². The van der Waals surface area contributed by atoms with Crippen LogP contribution in [0.5, 0.6) is 5.88 Å². The van der Waals surface area contributed by atoms with Gasteiger partial charge in [0.15, 0.2) is 5.69 Å². The second-order valence-corrected chi connectivity index (χ2v) is 7.07. The summed E-state index contributed by atoms with van der Waals surface area (Å²) in [6.07, 6.45) is 0. The molecule has 2 aromatic heterocycles. The van der Waals surface area contributed by atoms with Crippen LogP contribution in [0.15, 0.2) is 77.0 Å². The standard InChI is InChI=1S/C22H13ClFN5O/c23-13-7-5-12(6-8-13)19-15-3-1-2-4-16(15)21(28-26-19)29-27-20-17-11-14(24)9-10-18(17)25-22(20)30/h1-11,25,30H. The van der Waals surface area contributed by atoms with Gasteiger partial charge < -0.3 is 10.1 Å². The summed E-state index contributed by atoms with van der Waals surface area (Å²) >= 11 is 5.99. The molecule has 0 aliphatic carbocycles. The van der Waals surface area contributed by atoms with Crippen LogP contribution in [0.1, 0.15) is 0 Å². The fourth-order valence-electron chi connectivity index (χ4n) is 3.32. The van der Waals surface area contributed by atoms with E-state index >= 15 is 0 Å². The quantitative estimate of drug-likeness (QED) is 0.320. The van der Waals surface area contributed by atoms with Crippen LogP contribution >= 0.6 is 11.6 Å². The molecule has 3 aromatic carbocycles. The number of halogens is 2. The topological polar surface area (TPSA) is 86.5 Å². The maximum absolute atomic E-state index is 13.6. The van der Waals surface area contributed by atoms with Gasteiger partial charge in [-0.3, -0.25) is 0 Å². The summed E-state index contributed by atoms with van der Waals surface area (Å²) in [7, 11) is 0. The number of nitrogens with one attached hydrogen (secondary N) is 1. The maximum atomic E-state index is 13.6. The van der Waals surface area contributed by atoms with Crippen molar-refractivity contribution >= 4 is 44.8 Å². The largest absolute Gasteiger partial charge is 0.493 e. The van der Waals surface area contributed by atoms with E-state index in [9.17, 15) is 9.50 Å². The minimum absolute atomic E-state index is 0.136. The molecule has 0 saturated heterocycles. The monoisotopic (exact) mass is 417 g/mol. The fraction of sp³-hybridized carbons (Fsp3) is 0. The van der Waals surface area contributed by atoms with Gasteiger partial charge in [-0.1, -0.05) is 48.0 Å². The van der Waals surface area contributed by atoms with Crippen molar-refractivity contribution in [1.29, 1.82) is 0 Å². The summed E-state index contributed by atoms with van der Waals surface area (Å²) in [6, 6.07) is 19.0. The summed E-state index contributed by atoms with van der Waals surface area (Å²) < 4.78 is 13.6. The highest BCUT2D eigenvalue weighted by atomic mass is 35.5. The predicted molar refractivity (Wildman–Crippen MR) is 114 cm³/mol. The molecule has 5 rings (SSSR count). The Morgan fingerprint density at radius 2 is 1.63 bits per heavy atom. The molecule has 0 atom stereocenters. The Balaban J connectivity index is 1.63. The smallest absolute Gasteiger partial charge is 0.218 e. The Kier molecular flexibility index (Phi) is 4.37. The van der Waals surface area contributed by atoms with E-state index in [0.29, 0.717) is 21.6 Å². The maximum Gasteiger partial charge on any atom is 0.218 e. The van der Waals surface area contributed by atoms with Gasteiger partial charge in [-0.15, -0.1) is 20.4 Å². The zero-order valence-electron chi connectivity index (χ0n) is 15.3. The summed E-state index contributed by atoms with van der Waals surface area (Å²) in [5.74, 6) is -0.349. The van der Waals surface area contributed by atoms with E-state index < -0.39 is 5.82 Å². The molecule has 0 aliphatic rings. The summed E-state index contributed by atoms with van der Waals surface area (Å²) in [5, 5.41) is 29.7. The number of aromatic amines is 1. The first kappa shape index (κ1) is 18.2. The second-order valence-electron chi connectivity index (χ2n) is 6.64. The molecule has 8 heteroatoms. The number of rotatable bonds is 3. The Hall–Kier alpha value is -3.84. The van der Waals surface area contributed by atoms with Crippen LogP contribution in [-0.2, 0) is 0 Å². The minimum Gasteiger partial charge on any atom is -0.493 e. The fourth-order valence-corrected chi connectivity index (χ4v) is 3.44. The highest BCUT2D eigenvalue weighted by molar-refractivity contribution is 6.30. The number of H-pyrrole nitrogens is 1. The third-order valence-electron chi connectivity index (χ3n) is 4.74. The molecular formula is C22H13ClFN5O. The number of aromatic nitrogens is 3. The lowest BCUT2D eigenvalue weighted by molar-refractivity contribution is 0.459. The molecule has 0 saturated carbocycles. The van der Waals surface area contributed by atoms with Gasteiger partial charge in [0, 0.05) is 26.7 Å². The number of hydrogen-bond donors (Lipinski definition) is 2. The van der Waals surface area contributed by atoms with Crippen LogP contribution in [0.4, 0.5) is 15.9 Å². The van der Waals surface area contributed by atoms with Gasteiger partial charge >= 0.3 is 0 Å². The Morgan fingerprint density at radius 1 is 0.867 bits per heavy atom. The first-order valence-corrected chi connectivity index (χ1v) is 9.41. The summed E-state index contributed by atoms with van der Waals surface area (Å²) in [6.45, 7) is 0. The van der Waals surface area contributed by atoms with E-state index in [4.69, 9.17) is 11.6 Å². The zero-order chi connectivity index (χ0) is 20.7. The normalized spacial score (nSPS) is 11.7. The van der Waals surface area contributed by atoms with Gasteiger partial charge in [0.1, 0.15) is 11.5 Å². The van der Waals surface area contributed by atoms with Crippen molar-refractivity contribution in [3.8, 4) is 17.1 Å². The predicted octanol–water partition coefficient (Wildman–Crippen LogP) is 6.69. The number of nitrogens with zero attached hydrogens (tertiary/aromatic N) is 4. The Labute approximate surface area is 174 Å². The molecule has 0 unspecified atom stereocenters. The average molecular weight is 418 g/mol. The van der Waals surface area contributed by atoms with Gasteiger partial charge in [0.25, 0.3) is 0 Å². The Bertz CT molecular complexity index is 1430. The molecule has 6 nitrogen and oxygen atoms in total. The molecule has 0 aliphatic heterocycles. The van der Waals surface area contributed by atoms with Crippen molar-refractivity contribution in [3.05, 3.63) is 77.6 Å². The van der Waals surface area contributed by atoms with Crippen LogP contribution in [0, 0.1) is 5.82 Å². The zero-order valence-corrected chi connectivity index (χ0v) is 16.1. The first-order chi connectivity index (χ1) is 14.6. The lowest BCUT2D eigenvalue weighted by Crippen LogP contribution is -1.90. The van der Waals surface area contributed by atoms with E-state index in [0.717, 1.165) is 16.3 Å². The molecule has 0 fully saturated rings. The lowest BCUT2D eigenvalue weighted by atomic mass is 10.0. The van der Waals surface area contributed by atoms with Gasteiger partial charge in [0.05, 0.1) is 5.52 Å². The van der Waals surface area contributed by atoms with Crippen molar-refractivity contribution < 1.29 is 9.50 Å². The number of hydrogen-bond acceptors (Lipinski definition) is 5. The summed E-state index contributed by atoms with van der Waals surface area (Å²) in [4.78, 5) is 2.75. The molecule has 5 aromatic rings. The van der Waals surface area contributed by atoms with Crippen LogP contribution in [0.3, 0.4) is 0 Å². The van der Waals surface area contributed by atoms with Gasteiger partial charge in [-0.25, -0.2) is 4.39 Å². The number of benzene rings is 3. The molecule has 0 bridgehead atoms. The van der Waals surface area contributed by atoms with Crippen molar-refractivity contribution in [3.63, 3.8) is 0 Å². The molecule has 30 heavy (non-hydrogen) atoms. The van der Waals surface area contributed by atoms with E-state index in [-0.39, 0.29) is 17.4 Å². The third kappa shape index (κ3) is 3.15. The SMILES string of the molecule is Oc1[nH]c2ccc(F)cc2c1N=Nc1nnc(-c2ccc(Cl)cc2)c2ccccc12. The molecule has 2 N–H and O–H groups in total. The average Bonchev–Trinajstić information content (AvgIpc) is 3.07. The van der Waals surface area contributed by atoms with Gasteiger partial charge in [-0.2, -0.15) is 0 Å². The lowest BCUT2D eigenvalue weighted by Gasteiger charge is -2.06. The molecule has 2 heterocycles. The highest BCUT2D eigenvalue weighted by Crippen LogP contribution is 2.38. The van der Waals surface area contributed by atoms with Gasteiger partial charge in [-0.05, 0) is 30.3 Å². The van der Waals surface area contributed by atoms with Gasteiger partial charge in [0.2, 0.25) is 11.7 Å². The number of azo groups is 1. The minimum atomic E-state index is -0.435. The molecule has 0 radical (unpaired) electrons. The van der Waals surface area contributed by atoms with Crippen molar-refractivity contribution in [1.82, 2.24) is 15.2 Å².